The van der Waals surface area contributed by atoms with Crippen LogP contribution in [0.5, 0.6) is 0 Å². The Hall–Kier alpha value is -0.0800. The number of nitrogens with one attached hydrogen (secondary N) is 1. The lowest BCUT2D eigenvalue weighted by molar-refractivity contribution is 0.278. The van der Waals surface area contributed by atoms with Crippen LogP contribution in [0, 0.1) is 0 Å². The number of nitrogens with zero attached hydrogens (tertiary/aromatic N) is 1. The lowest BCUT2D eigenvalue weighted by Crippen LogP contribution is -2.39. The second-order valence-corrected chi connectivity index (χ2v) is 4.16. The molecule has 0 aliphatic rings. The van der Waals surface area contributed by atoms with Crippen molar-refractivity contribution in [3.05, 3.63) is 0 Å². The van der Waals surface area contributed by atoms with E-state index in [0.29, 0.717) is 6.04 Å². The van der Waals surface area contributed by atoms with Gasteiger partial charge in [-0.25, -0.2) is 0 Å². The molecule has 1 N–H and O–H groups in total. The van der Waals surface area contributed by atoms with Crippen LogP contribution in [-0.4, -0.2) is 37.6 Å². The monoisotopic (exact) mass is 200 g/mol. The molecule has 0 bridgehead atoms. The van der Waals surface area contributed by atoms with Gasteiger partial charge >= 0.3 is 0 Å². The molecule has 2 nitrogen and oxygen atoms in total. The Morgan fingerprint density at radius 3 is 2.36 bits per heavy atom. The molecule has 0 heterocycles. The molecule has 0 spiro atoms. The maximum absolute atomic E-state index is 3.55. The fourth-order valence-corrected chi connectivity index (χ4v) is 1.79. The van der Waals surface area contributed by atoms with Gasteiger partial charge in [-0.05, 0) is 33.0 Å². The number of rotatable bonds is 9. The van der Waals surface area contributed by atoms with E-state index in [1.165, 1.54) is 38.8 Å². The van der Waals surface area contributed by atoms with E-state index in [-0.39, 0.29) is 0 Å². The average molecular weight is 200 g/mol. The van der Waals surface area contributed by atoms with Crippen molar-refractivity contribution < 1.29 is 0 Å². The van der Waals surface area contributed by atoms with E-state index in [9.17, 15) is 0 Å². The smallest absolute Gasteiger partial charge is 0.0194 e. The quantitative estimate of drug-likeness (QED) is 0.615. The molecule has 0 saturated carbocycles. The Bertz CT molecular complexity index is 109. The Kier molecular flexibility index (Phi) is 9.42. The van der Waals surface area contributed by atoms with Gasteiger partial charge < -0.3 is 10.2 Å². The predicted molar refractivity (Wildman–Crippen MR) is 64.8 cm³/mol. The van der Waals surface area contributed by atoms with Crippen LogP contribution in [0.25, 0.3) is 0 Å². The maximum atomic E-state index is 3.55. The number of hydrogen-bond donors (Lipinski definition) is 1. The van der Waals surface area contributed by atoms with Crippen molar-refractivity contribution in [3.63, 3.8) is 0 Å². The highest BCUT2D eigenvalue weighted by Gasteiger charge is 2.08. The third-order valence-corrected chi connectivity index (χ3v) is 2.56. The van der Waals surface area contributed by atoms with Gasteiger partial charge in [0.25, 0.3) is 0 Å². The molecule has 0 rings (SSSR count). The summed E-state index contributed by atoms with van der Waals surface area (Å²) in [7, 11) is 2.23. The predicted octanol–water partition coefficient (Wildman–Crippen LogP) is 2.50. The topological polar surface area (TPSA) is 15.3 Å². The molecule has 0 aliphatic carbocycles. The number of likely N-dealkylation sites (N-methyl/N-ethyl adjacent to an activating group) is 2. The van der Waals surface area contributed by atoms with Crippen LogP contribution in [0.1, 0.15) is 46.5 Å². The zero-order chi connectivity index (χ0) is 10.8. The summed E-state index contributed by atoms with van der Waals surface area (Å²) in [5, 5.41) is 3.55. The second-order valence-electron chi connectivity index (χ2n) is 4.16. The average Bonchev–Trinajstić information content (AvgIpc) is 2.15. The highest BCUT2D eigenvalue weighted by Crippen LogP contribution is 2.00. The van der Waals surface area contributed by atoms with Gasteiger partial charge in [0.2, 0.25) is 0 Å². The number of hydrogen-bond acceptors (Lipinski definition) is 2. The van der Waals surface area contributed by atoms with Gasteiger partial charge in [0.15, 0.2) is 0 Å². The van der Waals surface area contributed by atoms with Crippen LogP contribution < -0.4 is 5.32 Å². The molecular weight excluding hydrogens is 172 g/mol. The van der Waals surface area contributed by atoms with Crippen LogP contribution in [0.2, 0.25) is 0 Å². The summed E-state index contributed by atoms with van der Waals surface area (Å²) in [5.41, 5.74) is 0. The van der Waals surface area contributed by atoms with Crippen molar-refractivity contribution in [3.8, 4) is 0 Å². The van der Waals surface area contributed by atoms with E-state index in [1.807, 2.05) is 0 Å². The Morgan fingerprint density at radius 1 is 1.14 bits per heavy atom. The van der Waals surface area contributed by atoms with Gasteiger partial charge in [0.1, 0.15) is 0 Å². The van der Waals surface area contributed by atoms with Crippen molar-refractivity contribution >= 4 is 0 Å². The van der Waals surface area contributed by atoms with Crippen LogP contribution in [0.15, 0.2) is 0 Å². The summed E-state index contributed by atoms with van der Waals surface area (Å²) in [6.45, 7) is 10.2. The third kappa shape index (κ3) is 7.34. The number of unbranched alkanes of at least 4 members (excludes halogenated alkanes) is 1. The first-order valence-corrected chi connectivity index (χ1v) is 6.16. The molecule has 0 fully saturated rings. The van der Waals surface area contributed by atoms with Crippen LogP contribution >= 0.6 is 0 Å². The molecule has 14 heavy (non-hydrogen) atoms. The molecule has 0 aliphatic heterocycles. The molecular formula is C12H28N2. The second kappa shape index (κ2) is 9.47. The van der Waals surface area contributed by atoms with Crippen molar-refractivity contribution in [2.75, 3.05) is 26.7 Å². The van der Waals surface area contributed by atoms with Crippen molar-refractivity contribution in [2.24, 2.45) is 0 Å². The SMILES string of the molecule is CCCCN(C)CC(CCC)NCC. The maximum Gasteiger partial charge on any atom is 0.0194 e. The summed E-state index contributed by atoms with van der Waals surface area (Å²) in [6, 6.07) is 0.687. The van der Waals surface area contributed by atoms with E-state index >= 15 is 0 Å². The normalized spacial score (nSPS) is 13.5. The standard InChI is InChI=1S/C12H28N2/c1-5-8-10-14(4)11-12(9-6-2)13-7-3/h12-13H,5-11H2,1-4H3. The van der Waals surface area contributed by atoms with Crippen molar-refractivity contribution in [1.82, 2.24) is 10.2 Å². The van der Waals surface area contributed by atoms with Crippen LogP contribution in [0.4, 0.5) is 0 Å². The first kappa shape index (κ1) is 13.9. The largest absolute Gasteiger partial charge is 0.313 e. The first-order chi connectivity index (χ1) is 6.74. The van der Waals surface area contributed by atoms with Gasteiger partial charge in [0.05, 0.1) is 0 Å². The van der Waals surface area contributed by atoms with E-state index in [0.717, 1.165) is 6.54 Å². The van der Waals surface area contributed by atoms with Gasteiger partial charge in [-0.3, -0.25) is 0 Å². The summed E-state index contributed by atoms with van der Waals surface area (Å²) >= 11 is 0. The Labute approximate surface area is 90.1 Å². The van der Waals surface area contributed by atoms with Crippen LogP contribution in [0.3, 0.4) is 0 Å². The molecule has 0 radical (unpaired) electrons. The molecule has 86 valence electrons. The minimum absolute atomic E-state index is 0.687. The minimum atomic E-state index is 0.687. The lowest BCUT2D eigenvalue weighted by Gasteiger charge is -2.24. The van der Waals surface area contributed by atoms with E-state index in [4.69, 9.17) is 0 Å². The molecule has 2 heteroatoms. The highest BCUT2D eigenvalue weighted by atomic mass is 15.1. The fourth-order valence-electron chi connectivity index (χ4n) is 1.79. The summed E-state index contributed by atoms with van der Waals surface area (Å²) < 4.78 is 0. The summed E-state index contributed by atoms with van der Waals surface area (Å²) in [6.07, 6.45) is 5.19. The molecule has 1 atom stereocenters. The minimum Gasteiger partial charge on any atom is -0.313 e. The van der Waals surface area contributed by atoms with Gasteiger partial charge in [-0.2, -0.15) is 0 Å². The Morgan fingerprint density at radius 2 is 1.86 bits per heavy atom. The molecule has 0 aromatic carbocycles. The van der Waals surface area contributed by atoms with E-state index < -0.39 is 0 Å². The third-order valence-electron chi connectivity index (χ3n) is 2.56. The fraction of sp³-hybridized carbons (Fsp3) is 1.00. The summed E-state index contributed by atoms with van der Waals surface area (Å²) in [4.78, 5) is 2.45. The highest BCUT2D eigenvalue weighted by molar-refractivity contribution is 4.69. The first-order valence-electron chi connectivity index (χ1n) is 6.16. The Balaban J connectivity index is 3.64. The van der Waals surface area contributed by atoms with E-state index in [2.05, 4.69) is 38.0 Å². The molecule has 0 amide bonds. The van der Waals surface area contributed by atoms with Crippen molar-refractivity contribution in [2.45, 2.75) is 52.5 Å². The molecule has 0 aromatic heterocycles. The van der Waals surface area contributed by atoms with Crippen molar-refractivity contribution in [1.29, 1.82) is 0 Å². The van der Waals surface area contributed by atoms with E-state index in [1.54, 1.807) is 0 Å². The molecule has 0 aromatic rings. The summed E-state index contributed by atoms with van der Waals surface area (Å²) in [5.74, 6) is 0. The lowest BCUT2D eigenvalue weighted by atomic mass is 10.1. The van der Waals surface area contributed by atoms with Gasteiger partial charge in [-0.1, -0.05) is 33.6 Å². The zero-order valence-corrected chi connectivity index (χ0v) is 10.5. The van der Waals surface area contributed by atoms with Gasteiger partial charge in [0, 0.05) is 12.6 Å². The van der Waals surface area contributed by atoms with Crippen LogP contribution in [-0.2, 0) is 0 Å². The zero-order valence-electron chi connectivity index (χ0n) is 10.5. The molecule has 1 unspecified atom stereocenters. The van der Waals surface area contributed by atoms with Gasteiger partial charge in [-0.15, -0.1) is 0 Å². The molecule has 0 saturated heterocycles.